The van der Waals surface area contributed by atoms with E-state index in [2.05, 4.69) is 5.32 Å². The van der Waals surface area contributed by atoms with E-state index in [9.17, 15) is 21.6 Å². The summed E-state index contributed by atoms with van der Waals surface area (Å²) in [5.41, 5.74) is 2.52. The summed E-state index contributed by atoms with van der Waals surface area (Å²) in [6, 6.07) is 19.3. The van der Waals surface area contributed by atoms with Crippen molar-refractivity contribution >= 4 is 37.3 Å². The molecule has 1 aliphatic heterocycles. The van der Waals surface area contributed by atoms with Crippen LogP contribution in [-0.4, -0.2) is 46.7 Å². The van der Waals surface area contributed by atoms with Gasteiger partial charge in [-0.1, -0.05) is 29.8 Å². The largest absolute Gasteiger partial charge is 0.325 e. The highest BCUT2D eigenvalue weighted by Crippen LogP contribution is 2.26. The molecule has 0 atom stereocenters. The fourth-order valence-corrected chi connectivity index (χ4v) is 6.98. The average molecular weight is 528 g/mol. The molecular weight excluding hydrogens is 498 g/mol. The molecule has 0 saturated carbocycles. The Kier molecular flexibility index (Phi) is 7.49. The maximum absolute atomic E-state index is 13.5. The minimum Gasteiger partial charge on any atom is -0.325 e. The van der Waals surface area contributed by atoms with E-state index >= 15 is 0 Å². The quantitative estimate of drug-likeness (QED) is 0.478. The fraction of sp³-hybridized carbons (Fsp3) is 0.269. The normalized spacial score (nSPS) is 14.5. The molecule has 0 aromatic heterocycles. The van der Waals surface area contributed by atoms with Crippen LogP contribution >= 0.6 is 0 Å². The minimum absolute atomic E-state index is 0.0823. The highest BCUT2D eigenvalue weighted by molar-refractivity contribution is 7.92. The van der Waals surface area contributed by atoms with Crippen molar-refractivity contribution in [2.75, 3.05) is 29.3 Å². The van der Waals surface area contributed by atoms with E-state index < -0.39 is 32.5 Å². The van der Waals surface area contributed by atoms with Crippen LogP contribution in [0.1, 0.15) is 24.0 Å². The maximum Gasteiger partial charge on any atom is 0.264 e. The first-order valence-electron chi connectivity index (χ1n) is 11.6. The number of carbonyl (C=O) groups excluding carboxylic acids is 1. The van der Waals surface area contributed by atoms with E-state index in [1.165, 1.54) is 40.7 Å². The lowest BCUT2D eigenvalue weighted by Gasteiger charge is -2.24. The Morgan fingerprint density at radius 2 is 1.44 bits per heavy atom. The van der Waals surface area contributed by atoms with Gasteiger partial charge in [0.15, 0.2) is 0 Å². The molecule has 3 aromatic carbocycles. The molecule has 1 N–H and O–H groups in total. The zero-order valence-electron chi connectivity index (χ0n) is 20.2. The average Bonchev–Trinajstić information content (AvgIpc) is 3.39. The van der Waals surface area contributed by atoms with Crippen LogP contribution in [0.3, 0.4) is 0 Å². The van der Waals surface area contributed by atoms with Gasteiger partial charge in [0.1, 0.15) is 6.54 Å². The second-order valence-corrected chi connectivity index (χ2v) is 12.6. The fourth-order valence-electron chi connectivity index (χ4n) is 4.05. The van der Waals surface area contributed by atoms with Crippen molar-refractivity contribution in [2.45, 2.75) is 36.5 Å². The van der Waals surface area contributed by atoms with Crippen molar-refractivity contribution in [1.29, 1.82) is 0 Å². The highest BCUT2D eigenvalue weighted by Gasteiger charge is 2.28. The zero-order valence-corrected chi connectivity index (χ0v) is 21.8. The molecule has 4 rings (SSSR count). The molecule has 10 heteroatoms. The molecule has 0 radical (unpaired) electrons. The molecule has 1 amide bonds. The van der Waals surface area contributed by atoms with Crippen LogP contribution in [0.25, 0.3) is 0 Å². The third kappa shape index (κ3) is 5.61. The molecule has 0 unspecified atom stereocenters. The Balaban J connectivity index is 1.55. The van der Waals surface area contributed by atoms with Gasteiger partial charge in [0.05, 0.1) is 15.5 Å². The summed E-state index contributed by atoms with van der Waals surface area (Å²) in [5, 5.41) is 2.68. The molecule has 1 heterocycles. The van der Waals surface area contributed by atoms with Crippen LogP contribution in [-0.2, 0) is 24.8 Å². The van der Waals surface area contributed by atoms with Crippen LogP contribution in [0.4, 0.5) is 11.4 Å². The van der Waals surface area contributed by atoms with E-state index in [0.717, 1.165) is 28.3 Å². The minimum atomic E-state index is -4.02. The molecule has 36 heavy (non-hydrogen) atoms. The van der Waals surface area contributed by atoms with Gasteiger partial charge in [-0.25, -0.2) is 16.8 Å². The van der Waals surface area contributed by atoms with Crippen molar-refractivity contribution in [3.05, 3.63) is 83.9 Å². The van der Waals surface area contributed by atoms with Crippen LogP contribution in [0.5, 0.6) is 0 Å². The smallest absolute Gasteiger partial charge is 0.264 e. The molecule has 1 aliphatic rings. The lowest BCUT2D eigenvalue weighted by Crippen LogP contribution is -2.38. The first-order chi connectivity index (χ1) is 17.1. The molecule has 0 aliphatic carbocycles. The van der Waals surface area contributed by atoms with Gasteiger partial charge in [-0.15, -0.1) is 0 Å². The first kappa shape index (κ1) is 25.9. The molecule has 0 bridgehead atoms. The van der Waals surface area contributed by atoms with Crippen molar-refractivity contribution in [3.8, 4) is 0 Å². The van der Waals surface area contributed by atoms with E-state index in [0.29, 0.717) is 24.5 Å². The predicted octanol–water partition coefficient (Wildman–Crippen LogP) is 3.92. The van der Waals surface area contributed by atoms with Crippen molar-refractivity contribution < 1.29 is 21.6 Å². The summed E-state index contributed by atoms with van der Waals surface area (Å²) >= 11 is 0. The summed E-state index contributed by atoms with van der Waals surface area (Å²) in [6.07, 6.45) is 1.69. The molecule has 1 fully saturated rings. The Morgan fingerprint density at radius 1 is 0.833 bits per heavy atom. The van der Waals surface area contributed by atoms with Gasteiger partial charge in [-0.3, -0.25) is 9.10 Å². The number of hydrogen-bond donors (Lipinski definition) is 1. The molecule has 3 aromatic rings. The number of sulfonamides is 2. The van der Waals surface area contributed by atoms with Gasteiger partial charge >= 0.3 is 0 Å². The Hall–Kier alpha value is -3.21. The van der Waals surface area contributed by atoms with Gasteiger partial charge in [-0.05, 0) is 80.8 Å². The van der Waals surface area contributed by atoms with Gasteiger partial charge < -0.3 is 5.32 Å². The number of nitrogens with zero attached hydrogens (tertiary/aromatic N) is 2. The van der Waals surface area contributed by atoms with Crippen molar-refractivity contribution in [3.63, 3.8) is 0 Å². The Labute approximate surface area is 212 Å². The van der Waals surface area contributed by atoms with Crippen LogP contribution in [0, 0.1) is 13.8 Å². The topological polar surface area (TPSA) is 104 Å². The zero-order chi connectivity index (χ0) is 25.9. The standard InChI is InChI=1S/C26H29N3O5S2/c1-20-8-12-25(13-9-20)36(33,34)29(23-7-5-6-21(2)18-23)19-26(30)27-22-10-14-24(15-11-22)35(31,32)28-16-3-4-17-28/h5-15,18H,3-4,16-17,19H2,1-2H3,(H,27,30). The third-order valence-corrected chi connectivity index (χ3v) is 9.73. The summed E-state index contributed by atoms with van der Waals surface area (Å²) in [7, 11) is -7.59. The number of hydrogen-bond acceptors (Lipinski definition) is 5. The van der Waals surface area contributed by atoms with Gasteiger partial charge in [0.2, 0.25) is 15.9 Å². The van der Waals surface area contributed by atoms with Gasteiger partial charge in [-0.2, -0.15) is 4.31 Å². The van der Waals surface area contributed by atoms with E-state index in [1.807, 2.05) is 19.9 Å². The second-order valence-electron chi connectivity index (χ2n) is 8.85. The number of carbonyl (C=O) groups is 1. The summed E-state index contributed by atoms with van der Waals surface area (Å²) < 4.78 is 55.0. The summed E-state index contributed by atoms with van der Waals surface area (Å²) in [5.74, 6) is -0.553. The molecular formula is C26H29N3O5S2. The predicted molar refractivity (Wildman–Crippen MR) is 140 cm³/mol. The lowest BCUT2D eigenvalue weighted by atomic mass is 10.2. The molecule has 0 spiro atoms. The SMILES string of the molecule is Cc1ccc(S(=O)(=O)N(CC(=O)Nc2ccc(S(=O)(=O)N3CCCC3)cc2)c2cccc(C)c2)cc1. The first-order valence-corrected chi connectivity index (χ1v) is 14.5. The van der Waals surface area contributed by atoms with E-state index in [4.69, 9.17) is 0 Å². The summed E-state index contributed by atoms with van der Waals surface area (Å²) in [4.78, 5) is 13.2. The van der Waals surface area contributed by atoms with Gasteiger partial charge in [0.25, 0.3) is 10.0 Å². The number of anilines is 2. The van der Waals surface area contributed by atoms with Gasteiger partial charge in [0, 0.05) is 18.8 Å². The van der Waals surface area contributed by atoms with Crippen LogP contribution in [0.15, 0.2) is 82.6 Å². The van der Waals surface area contributed by atoms with Crippen LogP contribution < -0.4 is 9.62 Å². The number of amides is 1. The number of rotatable bonds is 8. The molecule has 190 valence electrons. The number of benzene rings is 3. The maximum atomic E-state index is 13.5. The van der Waals surface area contributed by atoms with Crippen molar-refractivity contribution in [2.24, 2.45) is 0 Å². The molecule has 1 saturated heterocycles. The second kappa shape index (κ2) is 10.4. The van der Waals surface area contributed by atoms with Crippen LogP contribution in [0.2, 0.25) is 0 Å². The number of aryl methyl sites for hydroxylation is 2. The third-order valence-electron chi connectivity index (χ3n) is 6.03. The lowest BCUT2D eigenvalue weighted by molar-refractivity contribution is -0.114. The highest BCUT2D eigenvalue weighted by atomic mass is 32.2. The van der Waals surface area contributed by atoms with E-state index in [-0.39, 0.29) is 9.79 Å². The Morgan fingerprint density at radius 3 is 2.06 bits per heavy atom. The summed E-state index contributed by atoms with van der Waals surface area (Å²) in [6.45, 7) is 4.27. The number of nitrogens with one attached hydrogen (secondary N) is 1. The van der Waals surface area contributed by atoms with Crippen molar-refractivity contribution in [1.82, 2.24) is 4.31 Å². The molecule has 8 nitrogen and oxygen atoms in total. The van der Waals surface area contributed by atoms with E-state index in [1.54, 1.807) is 30.3 Å². The Bertz CT molecular complexity index is 1450. The monoisotopic (exact) mass is 527 g/mol.